The number of carbonyl (C=O) groups excluding carboxylic acids is 1. The van der Waals surface area contributed by atoms with E-state index in [2.05, 4.69) is 0 Å². The second kappa shape index (κ2) is 5.12. The molecule has 0 saturated heterocycles. The molecule has 0 atom stereocenters. The van der Waals surface area contributed by atoms with Crippen LogP contribution in [-0.2, 0) is 0 Å². The predicted molar refractivity (Wildman–Crippen MR) is 54.9 cm³/mol. The zero-order valence-corrected chi connectivity index (χ0v) is 9.95. The Morgan fingerprint density at radius 1 is 1.00 bits per heavy atom. The Balaban J connectivity index is 3.18. The molecule has 8 heteroatoms. The molecule has 0 heterocycles. The number of hydrogen-bond donors (Lipinski definition) is 2. The van der Waals surface area contributed by atoms with Gasteiger partial charge in [-0.1, -0.05) is 0 Å². The van der Waals surface area contributed by atoms with E-state index in [0.29, 0.717) is 0 Å². The van der Waals surface area contributed by atoms with Gasteiger partial charge in [0.1, 0.15) is 5.56 Å². The summed E-state index contributed by atoms with van der Waals surface area (Å²) < 4.78 is 64.9. The molecule has 1 rings (SSSR count). The highest BCUT2D eigenvalue weighted by molar-refractivity contribution is 5.94. The fourth-order valence-electron chi connectivity index (χ4n) is 1.19. The number of carbonyl (C=O) groups is 1. The summed E-state index contributed by atoms with van der Waals surface area (Å²) in [5.74, 6) is -12.7. The summed E-state index contributed by atoms with van der Waals surface area (Å²) in [6.45, 7) is 2.14. The molecule has 1 aromatic rings. The lowest BCUT2D eigenvalue weighted by Crippen LogP contribution is -2.39. The minimum Gasteiger partial charge on any atom is -0.389 e. The normalized spacial score (nSPS) is 11.6. The smallest absolute Gasteiger partial charge is 0.257 e. The van der Waals surface area contributed by atoms with Gasteiger partial charge in [-0.15, -0.1) is 0 Å². The van der Waals surface area contributed by atoms with E-state index in [9.17, 15) is 31.9 Å². The van der Waals surface area contributed by atoms with Crippen LogP contribution in [0.3, 0.4) is 0 Å². The lowest BCUT2D eigenvalue weighted by Gasteiger charge is -2.18. The number of halogens is 5. The van der Waals surface area contributed by atoms with E-state index in [1.165, 1.54) is 13.8 Å². The average Bonchev–Trinajstić information content (AvgIpc) is 2.31. The van der Waals surface area contributed by atoms with Crippen molar-refractivity contribution in [3.63, 3.8) is 0 Å². The zero-order chi connectivity index (χ0) is 15.0. The molecule has 106 valence electrons. The van der Waals surface area contributed by atoms with Crippen molar-refractivity contribution >= 4 is 5.91 Å². The highest BCUT2D eigenvalue weighted by Gasteiger charge is 2.30. The molecule has 3 nitrogen and oxygen atoms in total. The summed E-state index contributed by atoms with van der Waals surface area (Å²) in [6.07, 6.45) is 0. The van der Waals surface area contributed by atoms with Gasteiger partial charge in [0, 0.05) is 6.54 Å². The third-order valence-corrected chi connectivity index (χ3v) is 2.12. The third-order valence-electron chi connectivity index (χ3n) is 2.12. The van der Waals surface area contributed by atoms with Gasteiger partial charge < -0.3 is 10.4 Å². The fourth-order valence-corrected chi connectivity index (χ4v) is 1.19. The number of amides is 1. The van der Waals surface area contributed by atoms with E-state index in [-0.39, 0.29) is 0 Å². The van der Waals surface area contributed by atoms with Gasteiger partial charge in [-0.3, -0.25) is 4.79 Å². The van der Waals surface area contributed by atoms with E-state index in [1.807, 2.05) is 5.32 Å². The molecular formula is C11H10F5NO2. The maximum Gasteiger partial charge on any atom is 0.257 e. The van der Waals surface area contributed by atoms with Crippen molar-refractivity contribution in [2.75, 3.05) is 6.54 Å². The summed E-state index contributed by atoms with van der Waals surface area (Å²) >= 11 is 0. The Kier molecular flexibility index (Phi) is 4.14. The van der Waals surface area contributed by atoms with Crippen molar-refractivity contribution in [1.82, 2.24) is 5.32 Å². The van der Waals surface area contributed by atoms with Crippen molar-refractivity contribution in [3.8, 4) is 0 Å². The molecule has 0 saturated carbocycles. The van der Waals surface area contributed by atoms with Crippen LogP contribution in [0.4, 0.5) is 22.0 Å². The largest absolute Gasteiger partial charge is 0.389 e. The second-order valence-electron chi connectivity index (χ2n) is 4.44. The van der Waals surface area contributed by atoms with Crippen molar-refractivity contribution in [2.24, 2.45) is 0 Å². The van der Waals surface area contributed by atoms with Crippen LogP contribution < -0.4 is 5.32 Å². The first-order chi connectivity index (χ1) is 8.56. The lowest BCUT2D eigenvalue weighted by atomic mass is 10.1. The van der Waals surface area contributed by atoms with E-state index in [0.717, 1.165) is 0 Å². The molecular weight excluding hydrogens is 273 g/mol. The first-order valence-corrected chi connectivity index (χ1v) is 5.08. The average molecular weight is 283 g/mol. The summed E-state index contributed by atoms with van der Waals surface area (Å²) in [5.41, 5.74) is -2.99. The van der Waals surface area contributed by atoms with Crippen LogP contribution in [0, 0.1) is 29.1 Å². The molecule has 0 aliphatic carbocycles. The Morgan fingerprint density at radius 3 is 1.74 bits per heavy atom. The first kappa shape index (κ1) is 15.4. The van der Waals surface area contributed by atoms with Crippen LogP contribution in [0.1, 0.15) is 24.2 Å². The molecule has 1 amide bonds. The van der Waals surface area contributed by atoms with Gasteiger partial charge in [0.25, 0.3) is 5.91 Å². The number of hydrogen-bond acceptors (Lipinski definition) is 2. The summed E-state index contributed by atoms with van der Waals surface area (Å²) in [4.78, 5) is 11.4. The van der Waals surface area contributed by atoms with Gasteiger partial charge in [0.05, 0.1) is 5.60 Å². The van der Waals surface area contributed by atoms with Crippen molar-refractivity contribution in [1.29, 1.82) is 0 Å². The lowest BCUT2D eigenvalue weighted by molar-refractivity contribution is 0.0688. The number of rotatable bonds is 3. The Hall–Kier alpha value is -1.70. The summed E-state index contributed by atoms with van der Waals surface area (Å²) in [7, 11) is 0. The molecule has 0 unspecified atom stereocenters. The van der Waals surface area contributed by atoms with Gasteiger partial charge in [0.2, 0.25) is 5.82 Å². The second-order valence-corrected chi connectivity index (χ2v) is 4.44. The van der Waals surface area contributed by atoms with Crippen LogP contribution in [0.5, 0.6) is 0 Å². The predicted octanol–water partition coefficient (Wildman–Crippen LogP) is 1.88. The van der Waals surface area contributed by atoms with Gasteiger partial charge >= 0.3 is 0 Å². The maximum atomic E-state index is 13.2. The van der Waals surface area contributed by atoms with Crippen LogP contribution in [0.2, 0.25) is 0 Å². The van der Waals surface area contributed by atoms with Gasteiger partial charge in [-0.25, -0.2) is 22.0 Å². The SMILES string of the molecule is CC(C)(O)CNC(=O)c1c(F)c(F)c(F)c(F)c1F. The van der Waals surface area contributed by atoms with Gasteiger partial charge in [-0.05, 0) is 13.8 Å². The minimum atomic E-state index is -2.34. The van der Waals surface area contributed by atoms with Crippen molar-refractivity contribution in [3.05, 3.63) is 34.6 Å². The molecule has 0 bridgehead atoms. The molecule has 2 N–H and O–H groups in total. The van der Waals surface area contributed by atoms with Crippen molar-refractivity contribution in [2.45, 2.75) is 19.4 Å². The quantitative estimate of drug-likeness (QED) is 0.505. The zero-order valence-electron chi connectivity index (χ0n) is 9.95. The third kappa shape index (κ3) is 3.19. The Bertz CT molecular complexity index is 496. The standard InChI is InChI=1S/C11H10F5NO2/c1-11(2,19)3-17-10(18)4-5(12)7(14)9(16)8(15)6(4)13/h19H,3H2,1-2H3,(H,17,18). The van der Waals surface area contributed by atoms with Gasteiger partial charge in [0.15, 0.2) is 23.3 Å². The monoisotopic (exact) mass is 283 g/mol. The minimum absolute atomic E-state index is 0.425. The first-order valence-electron chi connectivity index (χ1n) is 5.08. The Labute approximate surface area is 105 Å². The maximum absolute atomic E-state index is 13.2. The summed E-state index contributed by atoms with van der Waals surface area (Å²) in [6, 6.07) is 0. The summed E-state index contributed by atoms with van der Waals surface area (Å²) in [5, 5.41) is 11.2. The highest BCUT2D eigenvalue weighted by Crippen LogP contribution is 2.22. The molecule has 19 heavy (non-hydrogen) atoms. The Morgan fingerprint density at radius 2 is 1.37 bits per heavy atom. The van der Waals surface area contributed by atoms with E-state index >= 15 is 0 Å². The molecule has 0 fully saturated rings. The molecule has 1 aromatic carbocycles. The van der Waals surface area contributed by atoms with E-state index < -0.39 is 52.7 Å². The van der Waals surface area contributed by atoms with Crippen molar-refractivity contribution < 1.29 is 31.9 Å². The number of aliphatic hydroxyl groups is 1. The number of nitrogens with one attached hydrogen (secondary N) is 1. The van der Waals surface area contributed by atoms with Crippen LogP contribution >= 0.6 is 0 Å². The molecule has 0 aliphatic rings. The molecule has 0 aliphatic heterocycles. The van der Waals surface area contributed by atoms with Crippen LogP contribution in [-0.4, -0.2) is 23.2 Å². The fraction of sp³-hybridized carbons (Fsp3) is 0.364. The van der Waals surface area contributed by atoms with Crippen LogP contribution in [0.25, 0.3) is 0 Å². The topological polar surface area (TPSA) is 49.3 Å². The molecule has 0 aromatic heterocycles. The molecule has 0 radical (unpaired) electrons. The number of benzene rings is 1. The van der Waals surface area contributed by atoms with Crippen LogP contribution in [0.15, 0.2) is 0 Å². The van der Waals surface area contributed by atoms with E-state index in [4.69, 9.17) is 0 Å². The molecule has 0 spiro atoms. The van der Waals surface area contributed by atoms with E-state index in [1.54, 1.807) is 0 Å². The highest BCUT2D eigenvalue weighted by atomic mass is 19.2. The van der Waals surface area contributed by atoms with Gasteiger partial charge in [-0.2, -0.15) is 0 Å².